The van der Waals surface area contributed by atoms with E-state index in [1.807, 2.05) is 0 Å². The van der Waals surface area contributed by atoms with Gasteiger partial charge >= 0.3 is 0 Å². The van der Waals surface area contributed by atoms with Crippen LogP contribution in [0.25, 0.3) is 16.6 Å². The molecule has 29 heavy (non-hydrogen) atoms. The first-order valence-electron chi connectivity index (χ1n) is 8.60. The SMILES string of the molecule is COc1ccc(NS(=O)(=O)c2ccc(-n3nnc4ccccc4c3=O)cc2)cc1. The van der Waals surface area contributed by atoms with Gasteiger partial charge in [-0.3, -0.25) is 9.52 Å². The molecule has 1 aromatic heterocycles. The minimum absolute atomic E-state index is 0.0545. The lowest BCUT2D eigenvalue weighted by atomic mass is 10.2. The Morgan fingerprint density at radius 1 is 0.931 bits per heavy atom. The first-order valence-corrected chi connectivity index (χ1v) is 10.1. The van der Waals surface area contributed by atoms with Crippen LogP contribution in [-0.4, -0.2) is 30.5 Å². The lowest BCUT2D eigenvalue weighted by molar-refractivity contribution is 0.415. The zero-order valence-corrected chi connectivity index (χ0v) is 16.1. The zero-order chi connectivity index (χ0) is 20.4. The van der Waals surface area contributed by atoms with Gasteiger partial charge in [0.25, 0.3) is 15.6 Å². The van der Waals surface area contributed by atoms with Crippen molar-refractivity contribution in [3.05, 3.63) is 83.2 Å². The molecule has 1 heterocycles. The van der Waals surface area contributed by atoms with Crippen LogP contribution in [0.1, 0.15) is 0 Å². The van der Waals surface area contributed by atoms with Gasteiger partial charge < -0.3 is 4.74 Å². The van der Waals surface area contributed by atoms with Crippen molar-refractivity contribution in [1.82, 2.24) is 15.0 Å². The smallest absolute Gasteiger partial charge is 0.282 e. The number of rotatable bonds is 5. The molecule has 8 nitrogen and oxygen atoms in total. The second kappa shape index (κ2) is 7.36. The largest absolute Gasteiger partial charge is 0.497 e. The highest BCUT2D eigenvalue weighted by atomic mass is 32.2. The Labute approximate surface area is 166 Å². The summed E-state index contributed by atoms with van der Waals surface area (Å²) in [5.74, 6) is 0.624. The first kappa shape index (κ1) is 18.6. The molecule has 0 spiro atoms. The van der Waals surface area contributed by atoms with Crippen LogP contribution in [0.15, 0.2) is 82.5 Å². The molecule has 0 unspecified atom stereocenters. The van der Waals surface area contributed by atoms with Crippen LogP contribution in [0, 0.1) is 0 Å². The monoisotopic (exact) mass is 408 g/mol. The van der Waals surface area contributed by atoms with Crippen LogP contribution >= 0.6 is 0 Å². The molecule has 0 aliphatic rings. The van der Waals surface area contributed by atoms with Gasteiger partial charge in [0.2, 0.25) is 0 Å². The lowest BCUT2D eigenvalue weighted by Crippen LogP contribution is -2.22. The van der Waals surface area contributed by atoms with Crippen molar-refractivity contribution in [3.8, 4) is 11.4 Å². The average Bonchev–Trinajstić information content (AvgIpc) is 2.75. The number of sulfonamides is 1. The molecule has 4 aromatic rings. The second-order valence-electron chi connectivity index (χ2n) is 6.15. The number of aromatic nitrogens is 3. The van der Waals surface area contributed by atoms with Gasteiger partial charge in [-0.2, -0.15) is 4.68 Å². The van der Waals surface area contributed by atoms with E-state index in [4.69, 9.17) is 4.74 Å². The van der Waals surface area contributed by atoms with E-state index in [0.717, 1.165) is 4.68 Å². The lowest BCUT2D eigenvalue weighted by Gasteiger charge is -2.10. The molecular weight excluding hydrogens is 392 g/mol. The van der Waals surface area contributed by atoms with Crippen molar-refractivity contribution in [1.29, 1.82) is 0 Å². The van der Waals surface area contributed by atoms with Crippen molar-refractivity contribution in [2.75, 3.05) is 11.8 Å². The van der Waals surface area contributed by atoms with Crippen molar-refractivity contribution in [2.24, 2.45) is 0 Å². The third-order valence-corrected chi connectivity index (χ3v) is 5.70. The summed E-state index contributed by atoms with van der Waals surface area (Å²) >= 11 is 0. The van der Waals surface area contributed by atoms with Gasteiger partial charge in [0.15, 0.2) is 0 Å². The Bertz CT molecular complexity index is 1330. The van der Waals surface area contributed by atoms with Crippen LogP contribution in [0.4, 0.5) is 5.69 Å². The molecule has 1 N–H and O–H groups in total. The van der Waals surface area contributed by atoms with Crippen LogP contribution in [0.5, 0.6) is 5.75 Å². The number of methoxy groups -OCH3 is 1. The molecule has 0 radical (unpaired) electrons. The predicted octanol–water partition coefficient (Wildman–Crippen LogP) is 2.59. The molecule has 0 aliphatic heterocycles. The van der Waals surface area contributed by atoms with Crippen molar-refractivity contribution in [3.63, 3.8) is 0 Å². The summed E-state index contributed by atoms with van der Waals surface area (Å²) in [6, 6.07) is 19.2. The summed E-state index contributed by atoms with van der Waals surface area (Å²) in [4.78, 5) is 12.7. The Hall–Kier alpha value is -3.72. The second-order valence-corrected chi connectivity index (χ2v) is 7.83. The van der Waals surface area contributed by atoms with Gasteiger partial charge in [-0.25, -0.2) is 8.42 Å². The quantitative estimate of drug-likeness (QED) is 0.544. The molecule has 4 rings (SSSR count). The number of ether oxygens (including phenoxy) is 1. The fraction of sp³-hybridized carbons (Fsp3) is 0.0500. The standard InChI is InChI=1S/C20H16N4O4S/c1-28-16-10-6-14(7-11-16)22-29(26,27)17-12-8-15(9-13-17)24-20(25)18-4-2-3-5-19(18)21-23-24/h2-13,22H,1H3. The predicted molar refractivity (Wildman–Crippen MR) is 109 cm³/mol. The Morgan fingerprint density at radius 2 is 1.62 bits per heavy atom. The summed E-state index contributed by atoms with van der Waals surface area (Å²) in [7, 11) is -2.26. The average molecular weight is 408 g/mol. The van der Waals surface area contributed by atoms with Crippen LogP contribution < -0.4 is 15.0 Å². The molecule has 3 aromatic carbocycles. The van der Waals surface area contributed by atoms with Crippen molar-refractivity contribution >= 4 is 26.6 Å². The first-order chi connectivity index (χ1) is 14.0. The number of benzene rings is 3. The van der Waals surface area contributed by atoms with E-state index in [0.29, 0.717) is 28.0 Å². The molecule has 146 valence electrons. The molecule has 9 heteroatoms. The fourth-order valence-corrected chi connectivity index (χ4v) is 3.86. The number of fused-ring (bicyclic) bond motifs is 1. The number of anilines is 1. The molecule has 0 saturated carbocycles. The van der Waals surface area contributed by atoms with Gasteiger partial charge in [-0.15, -0.1) is 5.10 Å². The van der Waals surface area contributed by atoms with Crippen LogP contribution in [0.3, 0.4) is 0 Å². The van der Waals surface area contributed by atoms with Gasteiger partial charge in [0, 0.05) is 5.69 Å². The molecule has 0 saturated heterocycles. The van der Waals surface area contributed by atoms with Crippen molar-refractivity contribution in [2.45, 2.75) is 4.90 Å². The molecule has 0 bridgehead atoms. The fourth-order valence-electron chi connectivity index (χ4n) is 2.80. The summed E-state index contributed by atoms with van der Waals surface area (Å²) < 4.78 is 33.9. The summed E-state index contributed by atoms with van der Waals surface area (Å²) in [6.07, 6.45) is 0. The molecular formula is C20H16N4O4S. The summed E-state index contributed by atoms with van der Waals surface area (Å²) in [6.45, 7) is 0. The highest BCUT2D eigenvalue weighted by Gasteiger charge is 2.15. The number of nitrogens with one attached hydrogen (secondary N) is 1. The number of hydrogen-bond acceptors (Lipinski definition) is 6. The maximum atomic E-state index is 12.6. The molecule has 0 fully saturated rings. The van der Waals surface area contributed by atoms with Gasteiger partial charge in [0.1, 0.15) is 11.3 Å². The minimum atomic E-state index is -3.79. The Kier molecular flexibility index (Phi) is 4.73. The number of nitrogens with zero attached hydrogens (tertiary/aromatic N) is 3. The third kappa shape index (κ3) is 3.67. The maximum Gasteiger partial charge on any atom is 0.282 e. The summed E-state index contributed by atoms with van der Waals surface area (Å²) in [5, 5.41) is 8.39. The van der Waals surface area contributed by atoms with E-state index >= 15 is 0 Å². The van der Waals surface area contributed by atoms with Crippen LogP contribution in [-0.2, 0) is 10.0 Å². The van der Waals surface area contributed by atoms with E-state index in [9.17, 15) is 13.2 Å². The minimum Gasteiger partial charge on any atom is -0.497 e. The van der Waals surface area contributed by atoms with Crippen LogP contribution in [0.2, 0.25) is 0 Å². The third-order valence-electron chi connectivity index (χ3n) is 4.30. The van der Waals surface area contributed by atoms with E-state index in [1.165, 1.54) is 31.4 Å². The molecule has 0 amide bonds. The van der Waals surface area contributed by atoms with E-state index in [1.54, 1.807) is 48.5 Å². The van der Waals surface area contributed by atoms with Gasteiger partial charge in [-0.05, 0) is 60.7 Å². The van der Waals surface area contributed by atoms with E-state index in [2.05, 4.69) is 15.0 Å². The molecule has 0 aliphatic carbocycles. The number of hydrogen-bond donors (Lipinski definition) is 1. The normalized spacial score (nSPS) is 11.3. The van der Waals surface area contributed by atoms with Gasteiger partial charge in [0.05, 0.1) is 23.1 Å². The summed E-state index contributed by atoms with van der Waals surface area (Å²) in [5.41, 5.74) is 0.988. The highest BCUT2D eigenvalue weighted by Crippen LogP contribution is 2.20. The Balaban J connectivity index is 1.63. The molecule has 0 atom stereocenters. The van der Waals surface area contributed by atoms with Gasteiger partial charge in [-0.1, -0.05) is 17.3 Å². The topological polar surface area (TPSA) is 103 Å². The highest BCUT2D eigenvalue weighted by molar-refractivity contribution is 7.92. The van der Waals surface area contributed by atoms with E-state index < -0.39 is 10.0 Å². The van der Waals surface area contributed by atoms with Crippen molar-refractivity contribution < 1.29 is 13.2 Å². The Morgan fingerprint density at radius 3 is 2.31 bits per heavy atom. The van der Waals surface area contributed by atoms with E-state index in [-0.39, 0.29) is 10.5 Å². The maximum absolute atomic E-state index is 12.6. The zero-order valence-electron chi connectivity index (χ0n) is 15.3.